The van der Waals surface area contributed by atoms with Gasteiger partial charge in [0.05, 0.1) is 23.2 Å². The minimum Gasteiger partial charge on any atom is -0.473 e. The third-order valence-electron chi connectivity index (χ3n) is 3.96. The first-order chi connectivity index (χ1) is 14.8. The van der Waals surface area contributed by atoms with Gasteiger partial charge in [-0.25, -0.2) is 0 Å². The predicted octanol–water partition coefficient (Wildman–Crippen LogP) is 5.28. The molecule has 0 radical (unpaired) electrons. The maximum atomic E-state index is 13.2. The minimum atomic E-state index is -4.81. The van der Waals surface area contributed by atoms with Crippen LogP contribution in [0.15, 0.2) is 47.4 Å². The number of rotatable bonds is 6. The van der Waals surface area contributed by atoms with Gasteiger partial charge in [-0.1, -0.05) is 0 Å². The molecule has 0 aliphatic carbocycles. The number of halogens is 6. The summed E-state index contributed by atoms with van der Waals surface area (Å²) in [5.41, 5.74) is -5.85. The zero-order valence-corrected chi connectivity index (χ0v) is 16.9. The van der Waals surface area contributed by atoms with Crippen molar-refractivity contribution in [3.63, 3.8) is 0 Å². The van der Waals surface area contributed by atoms with E-state index < -0.39 is 41.1 Å². The molecule has 168 valence electrons. The van der Waals surface area contributed by atoms with E-state index in [1.54, 1.807) is 12.1 Å². The Morgan fingerprint density at radius 2 is 1.69 bits per heavy atom. The zero-order valence-electron chi connectivity index (χ0n) is 16.1. The van der Waals surface area contributed by atoms with Gasteiger partial charge in [-0.15, -0.1) is 0 Å². The Bertz CT molecular complexity index is 1060. The largest absolute Gasteiger partial charge is 0.473 e. The number of amides is 1. The minimum absolute atomic E-state index is 0.0254. The summed E-state index contributed by atoms with van der Waals surface area (Å²) in [6.07, 6.45) is -6.37. The molecule has 0 saturated heterocycles. The molecule has 2 unspecified atom stereocenters. The van der Waals surface area contributed by atoms with E-state index in [9.17, 15) is 36.4 Å². The van der Waals surface area contributed by atoms with Crippen molar-refractivity contribution in [3.05, 3.63) is 59.2 Å². The van der Waals surface area contributed by atoms with Crippen molar-refractivity contribution in [2.45, 2.75) is 35.6 Å². The number of carbonyl (C=O) groups is 1. The molecular formula is C20H13F6N3O2S. The highest BCUT2D eigenvalue weighted by Crippen LogP contribution is 2.38. The monoisotopic (exact) mass is 473 g/mol. The third kappa shape index (κ3) is 6.82. The summed E-state index contributed by atoms with van der Waals surface area (Å²) in [6.45, 7) is 1.31. The molecular weight excluding hydrogens is 460 g/mol. The maximum Gasteiger partial charge on any atom is 0.446 e. The highest BCUT2D eigenvalue weighted by molar-refractivity contribution is 8.00. The molecule has 0 spiro atoms. The van der Waals surface area contributed by atoms with Gasteiger partial charge in [0, 0.05) is 10.5 Å². The van der Waals surface area contributed by atoms with Gasteiger partial charge < -0.3 is 10.1 Å². The summed E-state index contributed by atoms with van der Waals surface area (Å²) < 4.78 is 82.0. The van der Waals surface area contributed by atoms with Gasteiger partial charge >= 0.3 is 11.7 Å². The molecule has 1 N–H and O–H groups in total. The lowest BCUT2D eigenvalue weighted by molar-refractivity contribution is -0.139. The molecule has 0 aliphatic heterocycles. The molecule has 0 bridgehead atoms. The van der Waals surface area contributed by atoms with E-state index in [-0.39, 0.29) is 27.8 Å². The van der Waals surface area contributed by atoms with Gasteiger partial charge in [0.1, 0.15) is 11.8 Å². The third-order valence-corrected chi connectivity index (χ3v) is 4.70. The summed E-state index contributed by atoms with van der Waals surface area (Å²) in [5.74, 6) is -1.52. The number of nitrogens with zero attached hydrogens (tertiary/aromatic N) is 2. The number of alkyl halides is 6. The molecule has 2 rings (SSSR count). The van der Waals surface area contributed by atoms with Crippen LogP contribution in [0.2, 0.25) is 0 Å². The normalized spacial score (nSPS) is 13.4. The quantitative estimate of drug-likeness (QED) is 0.456. The van der Waals surface area contributed by atoms with Crippen LogP contribution < -0.4 is 10.1 Å². The van der Waals surface area contributed by atoms with E-state index in [1.807, 2.05) is 0 Å². The second kappa shape index (κ2) is 9.83. The second-order valence-electron chi connectivity index (χ2n) is 6.32. The number of hydrogen-bond acceptors (Lipinski definition) is 5. The van der Waals surface area contributed by atoms with Crippen molar-refractivity contribution in [3.8, 4) is 17.9 Å². The van der Waals surface area contributed by atoms with Gasteiger partial charge in [-0.2, -0.15) is 36.9 Å². The van der Waals surface area contributed by atoms with Crippen LogP contribution in [0.5, 0.6) is 5.75 Å². The van der Waals surface area contributed by atoms with E-state index in [2.05, 4.69) is 5.32 Å². The number of nitrogens with one attached hydrogen (secondary N) is 1. The highest BCUT2D eigenvalue weighted by atomic mass is 32.2. The molecule has 0 aliphatic rings. The molecule has 0 saturated carbocycles. The Labute approximate surface area is 182 Å². The Balaban J connectivity index is 2.15. The lowest BCUT2D eigenvalue weighted by Gasteiger charge is -2.22. The summed E-state index contributed by atoms with van der Waals surface area (Å²) in [7, 11) is 0. The molecule has 2 atom stereocenters. The zero-order chi connectivity index (χ0) is 24.1. The summed E-state index contributed by atoms with van der Waals surface area (Å²) in [5, 5.41) is 20.6. The van der Waals surface area contributed by atoms with E-state index in [0.29, 0.717) is 6.07 Å². The second-order valence-corrected chi connectivity index (χ2v) is 7.46. The summed E-state index contributed by atoms with van der Waals surface area (Å²) >= 11 is -0.359. The first-order valence-electron chi connectivity index (χ1n) is 8.68. The van der Waals surface area contributed by atoms with Crippen LogP contribution in [0.1, 0.15) is 28.4 Å². The van der Waals surface area contributed by atoms with Crippen LogP contribution in [-0.2, 0) is 6.18 Å². The van der Waals surface area contributed by atoms with Crippen LogP contribution in [0, 0.1) is 22.7 Å². The first-order valence-corrected chi connectivity index (χ1v) is 9.50. The van der Waals surface area contributed by atoms with Crippen molar-refractivity contribution >= 4 is 17.7 Å². The fraction of sp³-hybridized carbons (Fsp3) is 0.250. The van der Waals surface area contributed by atoms with Gasteiger partial charge in [-0.05, 0) is 61.2 Å². The summed E-state index contributed by atoms with van der Waals surface area (Å²) in [4.78, 5) is 12.2. The lowest BCUT2D eigenvalue weighted by atomic mass is 10.1. The van der Waals surface area contributed by atoms with E-state index in [1.165, 1.54) is 6.92 Å². The Kier molecular flexibility index (Phi) is 7.65. The van der Waals surface area contributed by atoms with Crippen molar-refractivity contribution in [1.82, 2.24) is 5.32 Å². The number of ether oxygens (including phenoxy) is 1. The number of benzene rings is 2. The van der Waals surface area contributed by atoms with Gasteiger partial charge in [0.25, 0.3) is 5.91 Å². The molecule has 2 aromatic carbocycles. The van der Waals surface area contributed by atoms with Crippen LogP contribution in [-0.4, -0.2) is 23.6 Å². The van der Waals surface area contributed by atoms with E-state index in [0.717, 1.165) is 36.4 Å². The maximum absolute atomic E-state index is 13.2. The smallest absolute Gasteiger partial charge is 0.446 e. The predicted molar refractivity (Wildman–Crippen MR) is 101 cm³/mol. The Hall–Kier alpha value is -3.38. The highest BCUT2D eigenvalue weighted by Gasteiger charge is 2.36. The van der Waals surface area contributed by atoms with Crippen LogP contribution in [0.25, 0.3) is 0 Å². The SMILES string of the molecule is CC(NC(=O)c1ccc(SC(F)(F)F)cc1)C(C#N)Oc1cc(C#N)ccc1C(F)(F)F. The van der Waals surface area contributed by atoms with Crippen molar-refractivity contribution in [2.75, 3.05) is 0 Å². The van der Waals surface area contributed by atoms with Gasteiger partial charge in [0.15, 0.2) is 0 Å². The van der Waals surface area contributed by atoms with Crippen molar-refractivity contribution in [1.29, 1.82) is 10.5 Å². The number of hydrogen-bond donors (Lipinski definition) is 1. The van der Waals surface area contributed by atoms with Crippen molar-refractivity contribution in [2.24, 2.45) is 0 Å². The molecule has 2 aromatic rings. The molecule has 0 aromatic heterocycles. The molecule has 5 nitrogen and oxygen atoms in total. The van der Waals surface area contributed by atoms with E-state index in [4.69, 9.17) is 10.00 Å². The Morgan fingerprint density at radius 1 is 1.06 bits per heavy atom. The molecule has 32 heavy (non-hydrogen) atoms. The average Bonchev–Trinajstić information content (AvgIpc) is 2.70. The number of nitriles is 2. The lowest BCUT2D eigenvalue weighted by Crippen LogP contribution is -2.43. The summed E-state index contributed by atoms with van der Waals surface area (Å²) in [6, 6.07) is 9.06. The molecule has 0 fully saturated rings. The van der Waals surface area contributed by atoms with Crippen LogP contribution in [0.4, 0.5) is 26.3 Å². The molecule has 12 heteroatoms. The van der Waals surface area contributed by atoms with Crippen LogP contribution in [0.3, 0.4) is 0 Å². The average molecular weight is 473 g/mol. The fourth-order valence-corrected chi connectivity index (χ4v) is 3.01. The van der Waals surface area contributed by atoms with Gasteiger partial charge in [-0.3, -0.25) is 4.79 Å². The Morgan fingerprint density at radius 3 is 2.19 bits per heavy atom. The standard InChI is InChI=1S/C20H13F6N3O2S/c1-11(29-18(30)13-3-5-14(6-4-13)32-20(24,25)26)17(10-28)31-16-8-12(9-27)2-7-15(16)19(21,22)23/h2-8,11,17H,1H3,(H,29,30). The fourth-order valence-electron chi connectivity index (χ4n) is 2.47. The first kappa shape index (κ1) is 24.9. The van der Waals surface area contributed by atoms with E-state index >= 15 is 0 Å². The number of carbonyl (C=O) groups excluding carboxylic acids is 1. The number of thioether (sulfide) groups is 1. The molecule has 0 heterocycles. The topological polar surface area (TPSA) is 85.9 Å². The molecule has 1 amide bonds. The van der Waals surface area contributed by atoms with Gasteiger partial charge in [0.2, 0.25) is 6.10 Å². The van der Waals surface area contributed by atoms with Crippen LogP contribution >= 0.6 is 11.8 Å². The van der Waals surface area contributed by atoms with Crippen molar-refractivity contribution < 1.29 is 35.9 Å².